The lowest BCUT2D eigenvalue weighted by Gasteiger charge is -2.32. The Balaban J connectivity index is 2.06. The lowest BCUT2D eigenvalue weighted by molar-refractivity contribution is -0.108. The Hall–Kier alpha value is -0.345. The third-order valence-corrected chi connectivity index (χ3v) is 5.91. The van der Waals surface area contributed by atoms with Crippen molar-refractivity contribution >= 4 is 13.4 Å². The molecule has 2 rings (SSSR count). The first-order chi connectivity index (χ1) is 10.4. The van der Waals surface area contributed by atoms with E-state index in [1.165, 1.54) is 38.5 Å². The van der Waals surface area contributed by atoms with E-state index >= 15 is 0 Å². The van der Waals surface area contributed by atoms with E-state index in [4.69, 9.17) is 9.31 Å². The average molecular weight is 308 g/mol. The van der Waals surface area contributed by atoms with Gasteiger partial charge in [0.05, 0.1) is 11.2 Å². The van der Waals surface area contributed by atoms with Crippen molar-refractivity contribution in [2.75, 3.05) is 0 Å². The largest absolute Gasteiger partial charge is 0.461 e. The standard InChI is InChI=1S/C18H33BO3/c1-17(2)18(3,4)22-19(21-17)16-11-9-7-5-6-8-10-15(14-16)12-13-20/h13,15-16H,5-12,14H2,1-4H3. The molecule has 1 aliphatic heterocycles. The summed E-state index contributed by atoms with van der Waals surface area (Å²) in [5.41, 5.74) is -0.514. The summed E-state index contributed by atoms with van der Waals surface area (Å²) in [6, 6.07) is 0. The minimum absolute atomic E-state index is 0.112. The predicted molar refractivity (Wildman–Crippen MR) is 90.9 cm³/mol. The lowest BCUT2D eigenvalue weighted by atomic mass is 9.64. The molecule has 4 heteroatoms. The van der Waals surface area contributed by atoms with E-state index in [1.807, 2.05) is 0 Å². The molecular formula is C18H33BO3. The lowest BCUT2D eigenvalue weighted by Crippen LogP contribution is -2.41. The molecule has 22 heavy (non-hydrogen) atoms. The molecule has 1 saturated carbocycles. The fourth-order valence-corrected chi connectivity index (χ4v) is 3.71. The van der Waals surface area contributed by atoms with E-state index < -0.39 is 0 Å². The Morgan fingerprint density at radius 3 is 2.09 bits per heavy atom. The molecule has 126 valence electrons. The molecule has 0 radical (unpaired) electrons. The summed E-state index contributed by atoms with van der Waals surface area (Å²) in [7, 11) is -0.112. The fourth-order valence-electron chi connectivity index (χ4n) is 3.71. The first-order valence-electron chi connectivity index (χ1n) is 9.15. The van der Waals surface area contributed by atoms with Gasteiger partial charge in [0.2, 0.25) is 0 Å². The third-order valence-electron chi connectivity index (χ3n) is 5.91. The highest BCUT2D eigenvalue weighted by Crippen LogP contribution is 2.43. The van der Waals surface area contributed by atoms with Gasteiger partial charge < -0.3 is 14.1 Å². The number of hydrogen-bond acceptors (Lipinski definition) is 3. The summed E-state index contributed by atoms with van der Waals surface area (Å²) in [5, 5.41) is 0. The Bertz CT molecular complexity index is 351. The van der Waals surface area contributed by atoms with E-state index in [1.54, 1.807) is 0 Å². The van der Waals surface area contributed by atoms with Gasteiger partial charge in [0.25, 0.3) is 0 Å². The smallest absolute Gasteiger partial charge is 0.403 e. The summed E-state index contributed by atoms with van der Waals surface area (Å²) in [4.78, 5) is 11.0. The van der Waals surface area contributed by atoms with Crippen LogP contribution in [0.25, 0.3) is 0 Å². The quantitative estimate of drug-likeness (QED) is 0.555. The molecule has 1 aliphatic carbocycles. The fraction of sp³-hybridized carbons (Fsp3) is 0.944. The van der Waals surface area contributed by atoms with E-state index in [9.17, 15) is 4.79 Å². The molecule has 2 fully saturated rings. The number of hydrogen-bond donors (Lipinski definition) is 0. The van der Waals surface area contributed by atoms with Crippen LogP contribution in [0, 0.1) is 5.92 Å². The van der Waals surface area contributed by atoms with Crippen LogP contribution in [0.2, 0.25) is 5.82 Å². The van der Waals surface area contributed by atoms with Crippen LogP contribution in [0.3, 0.4) is 0 Å². The van der Waals surface area contributed by atoms with Crippen LogP contribution in [-0.2, 0) is 14.1 Å². The minimum Gasteiger partial charge on any atom is -0.403 e. The molecule has 2 unspecified atom stereocenters. The second-order valence-corrected chi connectivity index (χ2v) is 8.23. The topological polar surface area (TPSA) is 35.5 Å². The zero-order valence-electron chi connectivity index (χ0n) is 14.9. The van der Waals surface area contributed by atoms with Gasteiger partial charge in [-0.25, -0.2) is 0 Å². The number of carbonyl (C=O) groups excluding carboxylic acids is 1. The number of rotatable bonds is 3. The van der Waals surface area contributed by atoms with Crippen LogP contribution in [0.1, 0.15) is 85.5 Å². The molecule has 1 saturated heterocycles. The summed E-state index contributed by atoms with van der Waals surface area (Å²) in [5.74, 6) is 0.920. The molecule has 0 aromatic rings. The molecule has 3 nitrogen and oxygen atoms in total. The highest BCUT2D eigenvalue weighted by Gasteiger charge is 2.53. The molecule has 1 heterocycles. The van der Waals surface area contributed by atoms with E-state index in [0.717, 1.165) is 19.1 Å². The molecule has 0 spiro atoms. The van der Waals surface area contributed by atoms with Crippen molar-refractivity contribution in [3.63, 3.8) is 0 Å². The minimum atomic E-state index is -0.257. The first-order valence-corrected chi connectivity index (χ1v) is 9.15. The maximum Gasteiger partial charge on any atom is 0.461 e. The van der Waals surface area contributed by atoms with Crippen molar-refractivity contribution in [2.45, 2.75) is 103 Å². The molecule has 2 aliphatic rings. The number of carbonyl (C=O) groups is 1. The first kappa shape index (κ1) is 18.0. The van der Waals surface area contributed by atoms with Crippen molar-refractivity contribution in [2.24, 2.45) is 5.92 Å². The van der Waals surface area contributed by atoms with Gasteiger partial charge in [-0.3, -0.25) is 0 Å². The molecule has 2 atom stereocenters. The van der Waals surface area contributed by atoms with E-state index in [-0.39, 0.29) is 18.3 Å². The van der Waals surface area contributed by atoms with Gasteiger partial charge in [-0.05, 0) is 45.9 Å². The molecule has 0 aromatic heterocycles. The van der Waals surface area contributed by atoms with Crippen molar-refractivity contribution in [3.05, 3.63) is 0 Å². The molecule has 0 bridgehead atoms. The Labute approximate surface area is 136 Å². The maximum atomic E-state index is 11.0. The van der Waals surface area contributed by atoms with Crippen LogP contribution in [-0.4, -0.2) is 24.6 Å². The Kier molecular flexibility index (Phi) is 6.12. The monoisotopic (exact) mass is 308 g/mol. The van der Waals surface area contributed by atoms with Crippen molar-refractivity contribution < 1.29 is 14.1 Å². The van der Waals surface area contributed by atoms with E-state index in [0.29, 0.717) is 18.2 Å². The van der Waals surface area contributed by atoms with Gasteiger partial charge in [-0.1, -0.05) is 44.9 Å². The zero-order valence-corrected chi connectivity index (χ0v) is 14.9. The van der Waals surface area contributed by atoms with Crippen molar-refractivity contribution in [3.8, 4) is 0 Å². The second kappa shape index (κ2) is 7.48. The maximum absolute atomic E-state index is 11.0. The Morgan fingerprint density at radius 1 is 0.955 bits per heavy atom. The molecular weight excluding hydrogens is 275 g/mol. The van der Waals surface area contributed by atoms with Gasteiger partial charge in [0.1, 0.15) is 6.29 Å². The summed E-state index contributed by atoms with van der Waals surface area (Å²) in [6.07, 6.45) is 11.6. The van der Waals surface area contributed by atoms with Gasteiger partial charge in [0.15, 0.2) is 0 Å². The van der Waals surface area contributed by atoms with Crippen LogP contribution < -0.4 is 0 Å². The normalized spacial score (nSPS) is 32.6. The molecule has 0 aromatic carbocycles. The zero-order chi connectivity index (χ0) is 16.2. The van der Waals surface area contributed by atoms with Crippen LogP contribution in [0.15, 0.2) is 0 Å². The van der Waals surface area contributed by atoms with E-state index in [2.05, 4.69) is 27.7 Å². The average Bonchev–Trinajstić information content (AvgIpc) is 2.65. The second-order valence-electron chi connectivity index (χ2n) is 8.23. The highest BCUT2D eigenvalue weighted by atomic mass is 16.7. The van der Waals surface area contributed by atoms with Crippen molar-refractivity contribution in [1.29, 1.82) is 0 Å². The van der Waals surface area contributed by atoms with Crippen molar-refractivity contribution in [1.82, 2.24) is 0 Å². The summed E-state index contributed by atoms with van der Waals surface area (Å²) < 4.78 is 12.6. The predicted octanol–water partition coefficient (Wildman–Crippen LogP) is 4.79. The van der Waals surface area contributed by atoms with Crippen LogP contribution >= 0.6 is 0 Å². The molecule has 0 N–H and O–H groups in total. The SMILES string of the molecule is CC1(C)OB(C2CCCCCCCC(CC=O)C2)OC1(C)C. The third kappa shape index (κ3) is 4.35. The van der Waals surface area contributed by atoms with Gasteiger partial charge >= 0.3 is 7.12 Å². The summed E-state index contributed by atoms with van der Waals surface area (Å²) >= 11 is 0. The van der Waals surface area contributed by atoms with Crippen LogP contribution in [0.5, 0.6) is 0 Å². The Morgan fingerprint density at radius 2 is 1.50 bits per heavy atom. The van der Waals surface area contributed by atoms with Crippen LogP contribution in [0.4, 0.5) is 0 Å². The highest BCUT2D eigenvalue weighted by molar-refractivity contribution is 6.47. The molecule has 0 amide bonds. The van der Waals surface area contributed by atoms with Gasteiger partial charge in [-0.2, -0.15) is 0 Å². The van der Waals surface area contributed by atoms with Gasteiger partial charge in [0, 0.05) is 6.42 Å². The number of aldehydes is 1. The summed E-state index contributed by atoms with van der Waals surface area (Å²) in [6.45, 7) is 8.48. The van der Waals surface area contributed by atoms with Gasteiger partial charge in [-0.15, -0.1) is 0 Å².